The Bertz CT molecular complexity index is 997. The Kier molecular flexibility index (Phi) is 5.55. The van der Waals surface area contributed by atoms with E-state index in [1.165, 1.54) is 0 Å². The van der Waals surface area contributed by atoms with Crippen molar-refractivity contribution in [1.82, 2.24) is 14.8 Å². The van der Waals surface area contributed by atoms with E-state index < -0.39 is 22.7 Å². The van der Waals surface area contributed by atoms with Gasteiger partial charge in [0.2, 0.25) is 0 Å². The van der Waals surface area contributed by atoms with E-state index in [9.17, 15) is 13.6 Å². The minimum Gasteiger partial charge on any atom is -0.469 e. The molecule has 1 unspecified atom stereocenters. The molecule has 0 N–H and O–H groups in total. The zero-order valence-electron chi connectivity index (χ0n) is 14.8. The first-order chi connectivity index (χ1) is 12.9. The summed E-state index contributed by atoms with van der Waals surface area (Å²) in [6.45, 7) is 7.59. The molecule has 0 radical (unpaired) electrons. The van der Waals surface area contributed by atoms with Crippen LogP contribution in [0.25, 0.3) is 11.4 Å². The number of furan rings is 1. The first-order valence-corrected chi connectivity index (χ1v) is 9.04. The van der Waals surface area contributed by atoms with Gasteiger partial charge >= 0.3 is 0 Å². The van der Waals surface area contributed by atoms with Crippen molar-refractivity contribution >= 4 is 17.5 Å². The molecule has 0 amide bonds. The minimum atomic E-state index is -0.754. The zero-order chi connectivity index (χ0) is 19.6. The number of benzene rings is 1. The number of aromatic nitrogens is 3. The van der Waals surface area contributed by atoms with E-state index in [1.54, 1.807) is 29.9 Å². The standard InChI is InChI=1S/C19H17F2N3O2S/c1-4-8-24-18(14-7-9-26-11(14)2)22-23-19(24)27-12(3)17(25)15-10-13(20)5-6-16(15)21/h4-7,9-10,12H,1,8H2,2-3H3. The van der Waals surface area contributed by atoms with Gasteiger partial charge in [0.05, 0.1) is 22.6 Å². The molecule has 140 valence electrons. The van der Waals surface area contributed by atoms with E-state index in [4.69, 9.17) is 4.42 Å². The Morgan fingerprint density at radius 2 is 2.15 bits per heavy atom. The van der Waals surface area contributed by atoms with Crippen LogP contribution in [0.5, 0.6) is 0 Å². The van der Waals surface area contributed by atoms with Gasteiger partial charge in [-0.1, -0.05) is 17.8 Å². The van der Waals surface area contributed by atoms with Crippen LogP contribution in [0.4, 0.5) is 8.78 Å². The summed E-state index contributed by atoms with van der Waals surface area (Å²) in [5.74, 6) is -0.665. The molecule has 2 aromatic heterocycles. The maximum absolute atomic E-state index is 13.9. The average molecular weight is 389 g/mol. The van der Waals surface area contributed by atoms with E-state index in [-0.39, 0.29) is 5.56 Å². The number of nitrogens with zero attached hydrogens (tertiary/aromatic N) is 3. The Morgan fingerprint density at radius 3 is 2.81 bits per heavy atom. The summed E-state index contributed by atoms with van der Waals surface area (Å²) in [4.78, 5) is 12.6. The molecule has 0 bridgehead atoms. The number of carbonyl (C=O) groups excluding carboxylic acids is 1. The third kappa shape index (κ3) is 3.85. The molecule has 0 spiro atoms. The van der Waals surface area contributed by atoms with Gasteiger partial charge in [0.1, 0.15) is 17.4 Å². The highest BCUT2D eigenvalue weighted by Crippen LogP contribution is 2.30. The van der Waals surface area contributed by atoms with Crippen molar-refractivity contribution in [1.29, 1.82) is 0 Å². The SMILES string of the molecule is C=CCn1c(SC(C)C(=O)c2cc(F)ccc2F)nnc1-c1ccoc1C. The van der Waals surface area contributed by atoms with Gasteiger partial charge in [-0.25, -0.2) is 8.78 Å². The van der Waals surface area contributed by atoms with Crippen LogP contribution in [-0.2, 0) is 6.54 Å². The van der Waals surface area contributed by atoms with E-state index >= 15 is 0 Å². The number of hydrogen-bond donors (Lipinski definition) is 0. The largest absolute Gasteiger partial charge is 0.469 e. The topological polar surface area (TPSA) is 60.9 Å². The molecule has 3 aromatic rings. The Morgan fingerprint density at radius 1 is 1.37 bits per heavy atom. The van der Waals surface area contributed by atoms with Gasteiger partial charge in [0, 0.05) is 6.54 Å². The highest BCUT2D eigenvalue weighted by molar-refractivity contribution is 8.00. The van der Waals surface area contributed by atoms with Gasteiger partial charge in [-0.05, 0) is 38.1 Å². The van der Waals surface area contributed by atoms with Crippen molar-refractivity contribution in [2.24, 2.45) is 0 Å². The van der Waals surface area contributed by atoms with Gasteiger partial charge in [-0.2, -0.15) is 0 Å². The lowest BCUT2D eigenvalue weighted by Gasteiger charge is -2.12. The Hall–Kier alpha value is -2.74. The number of halogens is 2. The third-order valence-electron chi connectivity index (χ3n) is 3.97. The van der Waals surface area contributed by atoms with Crippen LogP contribution in [0.2, 0.25) is 0 Å². The zero-order valence-corrected chi connectivity index (χ0v) is 15.6. The van der Waals surface area contributed by atoms with Gasteiger partial charge in [-0.3, -0.25) is 9.36 Å². The lowest BCUT2D eigenvalue weighted by atomic mass is 10.1. The molecule has 0 aliphatic heterocycles. The molecule has 0 aliphatic carbocycles. The highest BCUT2D eigenvalue weighted by atomic mass is 32.2. The summed E-state index contributed by atoms with van der Waals surface area (Å²) in [5.41, 5.74) is 0.502. The van der Waals surface area contributed by atoms with Crippen LogP contribution in [0.15, 0.2) is 52.8 Å². The second-order valence-corrected chi connectivity index (χ2v) is 7.15. The molecule has 0 saturated carbocycles. The highest BCUT2D eigenvalue weighted by Gasteiger charge is 2.24. The van der Waals surface area contributed by atoms with Crippen molar-refractivity contribution in [2.45, 2.75) is 30.8 Å². The quantitative estimate of drug-likeness (QED) is 0.334. The van der Waals surface area contributed by atoms with Crippen LogP contribution in [0.1, 0.15) is 23.0 Å². The fourth-order valence-corrected chi connectivity index (χ4v) is 3.53. The van der Waals surface area contributed by atoms with E-state index in [1.807, 2.05) is 6.92 Å². The molecule has 1 atom stereocenters. The predicted octanol–water partition coefficient (Wildman–Crippen LogP) is 4.67. The first-order valence-electron chi connectivity index (χ1n) is 8.16. The van der Waals surface area contributed by atoms with Crippen LogP contribution in [0, 0.1) is 18.6 Å². The number of rotatable bonds is 7. The summed E-state index contributed by atoms with van der Waals surface area (Å²) in [6.07, 6.45) is 3.24. The second kappa shape index (κ2) is 7.87. The van der Waals surface area contributed by atoms with Gasteiger partial charge < -0.3 is 4.42 Å². The third-order valence-corrected chi connectivity index (χ3v) is 5.05. The lowest BCUT2D eigenvalue weighted by Crippen LogP contribution is -2.16. The fourth-order valence-electron chi connectivity index (χ4n) is 2.60. The Balaban J connectivity index is 1.90. The van der Waals surface area contributed by atoms with Crippen LogP contribution in [0.3, 0.4) is 0 Å². The molecule has 5 nitrogen and oxygen atoms in total. The summed E-state index contributed by atoms with van der Waals surface area (Å²) in [5, 5.41) is 8.14. The van der Waals surface area contributed by atoms with Crippen LogP contribution < -0.4 is 0 Å². The molecular weight excluding hydrogens is 372 g/mol. The van der Waals surface area contributed by atoms with Crippen molar-refractivity contribution in [3.63, 3.8) is 0 Å². The average Bonchev–Trinajstić information content (AvgIpc) is 3.23. The van der Waals surface area contributed by atoms with Gasteiger partial charge in [-0.15, -0.1) is 16.8 Å². The van der Waals surface area contributed by atoms with Gasteiger partial charge in [0.15, 0.2) is 16.8 Å². The summed E-state index contributed by atoms with van der Waals surface area (Å²) < 4.78 is 34.4. The maximum atomic E-state index is 13.9. The molecular formula is C19H17F2N3O2S. The first kappa shape index (κ1) is 19.0. The number of ketones is 1. The minimum absolute atomic E-state index is 0.282. The fraction of sp³-hybridized carbons (Fsp3) is 0.211. The summed E-state index contributed by atoms with van der Waals surface area (Å²) in [6, 6.07) is 4.61. The molecule has 1 aromatic carbocycles. The number of allylic oxidation sites excluding steroid dienone is 1. The number of aryl methyl sites for hydroxylation is 1. The summed E-state index contributed by atoms with van der Waals surface area (Å²) in [7, 11) is 0. The molecule has 2 heterocycles. The van der Waals surface area contributed by atoms with E-state index in [2.05, 4.69) is 16.8 Å². The van der Waals surface area contributed by atoms with E-state index in [0.29, 0.717) is 23.3 Å². The van der Waals surface area contributed by atoms with Crippen molar-refractivity contribution < 1.29 is 18.0 Å². The molecule has 0 saturated heterocycles. The number of Topliss-reactive ketones (excluding diaryl/α,β-unsaturated/α-hetero) is 1. The molecule has 3 rings (SSSR count). The van der Waals surface area contributed by atoms with E-state index in [0.717, 1.165) is 35.5 Å². The lowest BCUT2D eigenvalue weighted by molar-refractivity contribution is 0.0989. The van der Waals surface area contributed by atoms with Crippen molar-refractivity contribution in [3.8, 4) is 11.4 Å². The van der Waals surface area contributed by atoms with Gasteiger partial charge in [0.25, 0.3) is 0 Å². The monoisotopic (exact) mass is 389 g/mol. The second-order valence-electron chi connectivity index (χ2n) is 5.84. The molecule has 0 fully saturated rings. The smallest absolute Gasteiger partial charge is 0.192 e. The Labute approximate surface area is 159 Å². The predicted molar refractivity (Wildman–Crippen MR) is 98.7 cm³/mol. The maximum Gasteiger partial charge on any atom is 0.192 e. The van der Waals surface area contributed by atoms with Crippen LogP contribution >= 0.6 is 11.8 Å². The molecule has 0 aliphatic rings. The summed E-state index contributed by atoms with van der Waals surface area (Å²) >= 11 is 1.12. The number of carbonyl (C=O) groups is 1. The van der Waals surface area contributed by atoms with Crippen LogP contribution in [-0.4, -0.2) is 25.8 Å². The van der Waals surface area contributed by atoms with Crippen molar-refractivity contribution in [2.75, 3.05) is 0 Å². The molecule has 27 heavy (non-hydrogen) atoms. The normalized spacial score (nSPS) is 12.1. The molecule has 8 heteroatoms. The van der Waals surface area contributed by atoms with Crippen molar-refractivity contribution in [3.05, 3.63) is 66.1 Å². The number of hydrogen-bond acceptors (Lipinski definition) is 5. The number of thioether (sulfide) groups is 1.